The highest BCUT2D eigenvalue weighted by atomic mass is 16.5. The number of carbonyl (C=O) groups is 4. The van der Waals surface area contributed by atoms with E-state index in [-0.39, 0.29) is 43.3 Å². The van der Waals surface area contributed by atoms with Crippen molar-refractivity contribution in [2.45, 2.75) is 128 Å². The third-order valence-electron chi connectivity index (χ3n) is 8.56. The van der Waals surface area contributed by atoms with E-state index in [0.29, 0.717) is 91.0 Å². The summed E-state index contributed by atoms with van der Waals surface area (Å²) in [6, 6.07) is 9.70. The Morgan fingerprint density at radius 3 is 1.89 bits per heavy atom. The molecule has 6 N–H and O–H groups in total. The third kappa shape index (κ3) is 27.2. The molecule has 1 heterocycles. The summed E-state index contributed by atoms with van der Waals surface area (Å²) >= 11 is 0. The zero-order valence-electron chi connectivity index (χ0n) is 31.9. The molecule has 1 fully saturated rings. The fraction of sp³-hybridized carbons (Fsp3) is 0.744. The minimum Gasteiger partial charge on any atom is -0.461 e. The number of nitrogens with one attached hydrogen (secondary N) is 3. The summed E-state index contributed by atoms with van der Waals surface area (Å²) in [6.45, 7) is 3.37. The van der Waals surface area contributed by atoms with E-state index in [2.05, 4.69) is 16.0 Å². The summed E-state index contributed by atoms with van der Waals surface area (Å²) in [7, 11) is 1.00. The average Bonchev–Trinajstić information content (AvgIpc) is 3.17. The predicted octanol–water partition coefficient (Wildman–Crippen LogP) is 3.08. The zero-order chi connectivity index (χ0) is 38.8. The minimum absolute atomic E-state index is 0.0146. The summed E-state index contributed by atoms with van der Waals surface area (Å²) < 4.78 is 21.7. The summed E-state index contributed by atoms with van der Waals surface area (Å²) in [6.07, 6.45) is 9.99. The third-order valence-corrected chi connectivity index (χ3v) is 8.56. The first-order valence-electron chi connectivity index (χ1n) is 19.4. The number of aliphatic hydroxyl groups excluding tert-OH is 3. The maximum Gasteiger partial charge on any atom is 0.306 e. The fourth-order valence-corrected chi connectivity index (χ4v) is 5.46. The van der Waals surface area contributed by atoms with Gasteiger partial charge in [0.05, 0.1) is 25.9 Å². The number of ether oxygens (including phenoxy) is 4. The van der Waals surface area contributed by atoms with Crippen LogP contribution in [-0.2, 0) is 44.7 Å². The van der Waals surface area contributed by atoms with Gasteiger partial charge in [0.15, 0.2) is 0 Å². The quantitative estimate of drug-likeness (QED) is 0.0498. The standard InChI is InChI=1S/C38H63N3O10.CH4O/c42-32-20-27-50-33(38(32)47)30-49-25-13-12-18-34(43)39-22-14-23-40-36(45)21-26-48-28-24-41-35(44)17-10-5-3-1-2-4-6-11-19-37(46)51-29-31-15-8-7-9-16-31;1-2/h7-9,15-16,32-33,38,42,47H,1-6,10-14,17-30H2,(H,39,43)(H,40,45)(H,41,44);2H,1H3. The van der Waals surface area contributed by atoms with Gasteiger partial charge in [-0.2, -0.15) is 0 Å². The van der Waals surface area contributed by atoms with Gasteiger partial charge in [-0.3, -0.25) is 19.2 Å². The molecule has 14 nitrogen and oxygen atoms in total. The van der Waals surface area contributed by atoms with E-state index in [1.54, 1.807) is 0 Å². The molecule has 0 spiro atoms. The molecule has 0 aliphatic carbocycles. The maximum absolute atomic E-state index is 12.0. The number of benzene rings is 1. The molecule has 1 aromatic carbocycles. The second kappa shape index (κ2) is 33.4. The highest BCUT2D eigenvalue weighted by molar-refractivity contribution is 5.76. The van der Waals surface area contributed by atoms with Crippen molar-refractivity contribution in [2.75, 3.05) is 59.8 Å². The van der Waals surface area contributed by atoms with Crippen LogP contribution in [0.4, 0.5) is 0 Å². The van der Waals surface area contributed by atoms with Crippen LogP contribution in [0.5, 0.6) is 0 Å². The van der Waals surface area contributed by atoms with Gasteiger partial charge in [0.25, 0.3) is 0 Å². The maximum atomic E-state index is 12.0. The Morgan fingerprint density at radius 2 is 1.23 bits per heavy atom. The first-order valence-corrected chi connectivity index (χ1v) is 19.4. The van der Waals surface area contributed by atoms with Gasteiger partial charge in [-0.15, -0.1) is 0 Å². The number of esters is 1. The van der Waals surface area contributed by atoms with Crippen molar-refractivity contribution >= 4 is 23.7 Å². The van der Waals surface area contributed by atoms with Gasteiger partial charge in [-0.1, -0.05) is 68.9 Å². The molecule has 14 heteroatoms. The van der Waals surface area contributed by atoms with Crippen LogP contribution < -0.4 is 16.0 Å². The van der Waals surface area contributed by atoms with Crippen molar-refractivity contribution in [1.82, 2.24) is 16.0 Å². The lowest BCUT2D eigenvalue weighted by Gasteiger charge is -2.31. The molecule has 53 heavy (non-hydrogen) atoms. The normalized spacial score (nSPS) is 16.6. The Labute approximate surface area is 316 Å². The molecule has 0 saturated carbocycles. The Morgan fingerprint density at radius 1 is 0.660 bits per heavy atom. The van der Waals surface area contributed by atoms with E-state index in [9.17, 15) is 29.4 Å². The molecule has 0 bridgehead atoms. The van der Waals surface area contributed by atoms with Crippen molar-refractivity contribution in [1.29, 1.82) is 0 Å². The molecule has 304 valence electrons. The van der Waals surface area contributed by atoms with Gasteiger partial charge in [-0.25, -0.2) is 0 Å². The lowest BCUT2D eigenvalue weighted by molar-refractivity contribution is -0.154. The van der Waals surface area contributed by atoms with Crippen LogP contribution in [0, 0.1) is 0 Å². The van der Waals surface area contributed by atoms with Crippen molar-refractivity contribution in [3.05, 3.63) is 35.9 Å². The number of rotatable bonds is 30. The van der Waals surface area contributed by atoms with Crippen LogP contribution in [0.15, 0.2) is 30.3 Å². The van der Waals surface area contributed by atoms with Gasteiger partial charge in [0.1, 0.15) is 18.8 Å². The smallest absolute Gasteiger partial charge is 0.306 e. The van der Waals surface area contributed by atoms with Crippen LogP contribution in [0.1, 0.15) is 108 Å². The van der Waals surface area contributed by atoms with Crippen LogP contribution >= 0.6 is 0 Å². The zero-order valence-corrected chi connectivity index (χ0v) is 31.9. The molecular formula is C39H67N3O11. The molecule has 1 aromatic rings. The largest absolute Gasteiger partial charge is 0.461 e. The SMILES string of the molecule is CO.O=C(CCCCOCC1OCCC(O)C1O)NCCCNC(=O)CCOCCNC(=O)CCCCCCCCCCC(=O)OCc1ccccc1. The molecule has 3 amide bonds. The molecular weight excluding hydrogens is 686 g/mol. The Bertz CT molecular complexity index is 1080. The predicted molar refractivity (Wildman–Crippen MR) is 201 cm³/mol. The molecule has 2 rings (SSSR count). The lowest BCUT2D eigenvalue weighted by atomic mass is 10.0. The van der Waals surface area contributed by atoms with Crippen LogP contribution in [-0.4, -0.2) is 117 Å². The van der Waals surface area contributed by atoms with E-state index in [0.717, 1.165) is 64.0 Å². The highest BCUT2D eigenvalue weighted by Crippen LogP contribution is 2.15. The van der Waals surface area contributed by atoms with E-state index in [4.69, 9.17) is 24.1 Å². The molecule has 1 aliphatic rings. The summed E-state index contributed by atoms with van der Waals surface area (Å²) in [5.74, 6) is -0.294. The fourth-order valence-electron chi connectivity index (χ4n) is 5.46. The monoisotopic (exact) mass is 753 g/mol. The Kier molecular flexibility index (Phi) is 30.2. The molecule has 0 aromatic heterocycles. The van der Waals surface area contributed by atoms with Crippen molar-refractivity contribution in [2.24, 2.45) is 0 Å². The van der Waals surface area contributed by atoms with Gasteiger partial charge in [0.2, 0.25) is 17.7 Å². The summed E-state index contributed by atoms with van der Waals surface area (Å²) in [4.78, 5) is 47.8. The van der Waals surface area contributed by atoms with Crippen LogP contribution in [0.3, 0.4) is 0 Å². The first-order chi connectivity index (χ1) is 25.8. The van der Waals surface area contributed by atoms with Crippen molar-refractivity contribution < 1.29 is 53.4 Å². The lowest BCUT2D eigenvalue weighted by Crippen LogP contribution is -2.46. The second-order valence-corrected chi connectivity index (χ2v) is 13.0. The van der Waals surface area contributed by atoms with Crippen molar-refractivity contribution in [3.8, 4) is 0 Å². The van der Waals surface area contributed by atoms with Crippen LogP contribution in [0.2, 0.25) is 0 Å². The number of amides is 3. The second-order valence-electron chi connectivity index (χ2n) is 13.0. The van der Waals surface area contributed by atoms with E-state index in [1.165, 1.54) is 0 Å². The van der Waals surface area contributed by atoms with Gasteiger partial charge >= 0.3 is 5.97 Å². The molecule has 3 atom stereocenters. The molecule has 0 radical (unpaired) electrons. The highest BCUT2D eigenvalue weighted by Gasteiger charge is 2.31. The van der Waals surface area contributed by atoms with Gasteiger partial charge in [0, 0.05) is 65.6 Å². The topological polar surface area (TPSA) is 202 Å². The van der Waals surface area contributed by atoms with Crippen molar-refractivity contribution in [3.63, 3.8) is 0 Å². The first kappa shape index (κ1) is 47.9. The molecule has 1 saturated heterocycles. The Hall–Kier alpha value is -3.14. The Balaban J connectivity index is 0.00000690. The number of aliphatic hydroxyl groups is 3. The summed E-state index contributed by atoms with van der Waals surface area (Å²) in [5, 5.41) is 35.0. The number of hydrogen-bond acceptors (Lipinski definition) is 11. The average molecular weight is 754 g/mol. The van der Waals surface area contributed by atoms with Gasteiger partial charge < -0.3 is 50.2 Å². The van der Waals surface area contributed by atoms with E-state index >= 15 is 0 Å². The van der Waals surface area contributed by atoms with Gasteiger partial charge in [-0.05, 0) is 44.1 Å². The molecule has 1 aliphatic heterocycles. The van der Waals surface area contributed by atoms with E-state index < -0.39 is 18.3 Å². The van der Waals surface area contributed by atoms with E-state index in [1.807, 2.05) is 30.3 Å². The summed E-state index contributed by atoms with van der Waals surface area (Å²) in [5.41, 5.74) is 1.00. The van der Waals surface area contributed by atoms with Crippen LogP contribution in [0.25, 0.3) is 0 Å². The molecule has 3 unspecified atom stereocenters. The number of hydrogen-bond donors (Lipinski definition) is 6. The minimum atomic E-state index is -0.933. The number of unbranched alkanes of at least 4 members (excludes halogenated alkanes) is 8. The number of carbonyl (C=O) groups excluding carboxylic acids is 4.